The molecule has 1 aliphatic rings. The highest BCUT2D eigenvalue weighted by atomic mass is 35.5. The van der Waals surface area contributed by atoms with Crippen LogP contribution in [0.4, 0.5) is 0 Å². The molecule has 5 heteroatoms. The molecule has 0 saturated carbocycles. The highest BCUT2D eigenvalue weighted by molar-refractivity contribution is 6.30. The summed E-state index contributed by atoms with van der Waals surface area (Å²) in [5.74, 6) is 0.828. The Hall–Kier alpha value is -2.43. The smallest absolute Gasteiger partial charge is 0.119 e. The van der Waals surface area contributed by atoms with E-state index in [1.165, 1.54) is 0 Å². The van der Waals surface area contributed by atoms with E-state index in [1.54, 1.807) is 0 Å². The molecule has 0 bridgehead atoms. The maximum Gasteiger partial charge on any atom is 0.119 e. The molecule has 2 aromatic carbocycles. The third-order valence-electron chi connectivity index (χ3n) is 4.23. The lowest BCUT2D eigenvalue weighted by atomic mass is 10.1. The van der Waals surface area contributed by atoms with Gasteiger partial charge in [-0.2, -0.15) is 0 Å². The Labute approximate surface area is 151 Å². The molecule has 4 rings (SSSR count). The first kappa shape index (κ1) is 16.1. The molecule has 3 aromatic rings. The van der Waals surface area contributed by atoms with Gasteiger partial charge in [0.1, 0.15) is 12.4 Å². The van der Waals surface area contributed by atoms with Gasteiger partial charge >= 0.3 is 0 Å². The second kappa shape index (κ2) is 7.21. The molecule has 0 aliphatic carbocycles. The van der Waals surface area contributed by atoms with E-state index in [-0.39, 0.29) is 0 Å². The Bertz CT molecular complexity index is 863. The average molecular weight is 352 g/mol. The van der Waals surface area contributed by atoms with Crippen LogP contribution in [0.25, 0.3) is 11.3 Å². The number of nitrogens with zero attached hydrogens (tertiary/aromatic N) is 2. The Morgan fingerprint density at radius 3 is 2.60 bits per heavy atom. The third-order valence-corrected chi connectivity index (χ3v) is 4.48. The number of nitrogens with one attached hydrogen (secondary N) is 1. The van der Waals surface area contributed by atoms with Crippen molar-refractivity contribution < 1.29 is 4.74 Å². The Morgan fingerprint density at radius 1 is 1.00 bits per heavy atom. The molecular weight excluding hydrogens is 334 g/mol. The van der Waals surface area contributed by atoms with Crippen molar-refractivity contribution in [2.24, 2.45) is 0 Å². The average Bonchev–Trinajstić information content (AvgIpc) is 2.68. The minimum atomic E-state index is 0.516. The summed E-state index contributed by atoms with van der Waals surface area (Å²) >= 11 is 5.89. The summed E-state index contributed by atoms with van der Waals surface area (Å²) in [7, 11) is 0. The standard InChI is InChI=1S/C20H18ClN3O/c21-16-5-1-14(2-6-16)13-25-17-7-3-15(4-8-17)19-12-23-20-11-22-10-9-18(20)24-19/h1-8,12,22H,9-11,13H2. The van der Waals surface area contributed by atoms with Crippen LogP contribution in [0.1, 0.15) is 17.0 Å². The van der Waals surface area contributed by atoms with E-state index in [9.17, 15) is 0 Å². The van der Waals surface area contributed by atoms with Crippen molar-refractivity contribution >= 4 is 11.6 Å². The quantitative estimate of drug-likeness (QED) is 0.771. The number of hydrogen-bond donors (Lipinski definition) is 1. The van der Waals surface area contributed by atoms with Crippen molar-refractivity contribution in [2.75, 3.05) is 6.54 Å². The first-order valence-electron chi connectivity index (χ1n) is 8.31. The van der Waals surface area contributed by atoms with E-state index in [0.717, 1.165) is 58.5 Å². The minimum Gasteiger partial charge on any atom is -0.489 e. The summed E-state index contributed by atoms with van der Waals surface area (Å²) in [6, 6.07) is 15.6. The van der Waals surface area contributed by atoms with Crippen molar-refractivity contribution in [3.05, 3.63) is 76.7 Å². The van der Waals surface area contributed by atoms with Gasteiger partial charge in [0.25, 0.3) is 0 Å². The highest BCUT2D eigenvalue weighted by Gasteiger charge is 2.12. The summed E-state index contributed by atoms with van der Waals surface area (Å²) in [5.41, 5.74) is 5.19. The van der Waals surface area contributed by atoms with Gasteiger partial charge in [-0.05, 0) is 42.0 Å². The van der Waals surface area contributed by atoms with Gasteiger partial charge < -0.3 is 10.1 Å². The summed E-state index contributed by atoms with van der Waals surface area (Å²) in [5, 5.41) is 4.04. The van der Waals surface area contributed by atoms with Gasteiger partial charge in [-0.3, -0.25) is 4.98 Å². The summed E-state index contributed by atoms with van der Waals surface area (Å²) in [6.07, 6.45) is 2.77. The van der Waals surface area contributed by atoms with Crippen LogP contribution in [0.5, 0.6) is 5.75 Å². The molecule has 1 aliphatic heterocycles. The van der Waals surface area contributed by atoms with Crippen LogP contribution in [0, 0.1) is 0 Å². The van der Waals surface area contributed by atoms with Gasteiger partial charge in [-0.1, -0.05) is 23.7 Å². The van der Waals surface area contributed by atoms with Crippen LogP contribution in [0.3, 0.4) is 0 Å². The summed E-state index contributed by atoms with van der Waals surface area (Å²) in [6.45, 7) is 2.28. The predicted molar refractivity (Wildman–Crippen MR) is 98.7 cm³/mol. The molecular formula is C20H18ClN3O. The van der Waals surface area contributed by atoms with Crippen molar-refractivity contribution in [1.82, 2.24) is 15.3 Å². The number of fused-ring (bicyclic) bond motifs is 1. The first-order valence-corrected chi connectivity index (χ1v) is 8.69. The first-order chi connectivity index (χ1) is 12.3. The van der Waals surface area contributed by atoms with E-state index >= 15 is 0 Å². The molecule has 0 saturated heterocycles. The van der Waals surface area contributed by atoms with E-state index in [1.807, 2.05) is 54.7 Å². The molecule has 25 heavy (non-hydrogen) atoms. The van der Waals surface area contributed by atoms with Gasteiger partial charge in [0, 0.05) is 30.1 Å². The van der Waals surface area contributed by atoms with Crippen molar-refractivity contribution in [3.63, 3.8) is 0 Å². The fourth-order valence-electron chi connectivity index (χ4n) is 2.82. The van der Waals surface area contributed by atoms with E-state index < -0.39 is 0 Å². The number of ether oxygens (including phenoxy) is 1. The minimum absolute atomic E-state index is 0.516. The maximum absolute atomic E-state index is 5.89. The van der Waals surface area contributed by atoms with Crippen LogP contribution in [-0.2, 0) is 19.6 Å². The summed E-state index contributed by atoms with van der Waals surface area (Å²) < 4.78 is 5.83. The Balaban J connectivity index is 1.45. The largest absolute Gasteiger partial charge is 0.489 e. The Kier molecular flexibility index (Phi) is 4.63. The highest BCUT2D eigenvalue weighted by Crippen LogP contribution is 2.23. The Morgan fingerprint density at radius 2 is 1.80 bits per heavy atom. The molecule has 4 nitrogen and oxygen atoms in total. The van der Waals surface area contributed by atoms with E-state index in [4.69, 9.17) is 21.3 Å². The van der Waals surface area contributed by atoms with Gasteiger partial charge in [0.2, 0.25) is 0 Å². The number of benzene rings is 2. The summed E-state index contributed by atoms with van der Waals surface area (Å²) in [4.78, 5) is 9.29. The van der Waals surface area contributed by atoms with Crippen LogP contribution >= 0.6 is 11.6 Å². The zero-order chi connectivity index (χ0) is 17.1. The molecule has 0 radical (unpaired) electrons. The number of rotatable bonds is 4. The molecule has 0 amide bonds. The second-order valence-corrected chi connectivity index (χ2v) is 6.45. The zero-order valence-corrected chi connectivity index (χ0v) is 14.5. The van der Waals surface area contributed by atoms with Gasteiger partial charge in [0.05, 0.1) is 23.3 Å². The van der Waals surface area contributed by atoms with Crippen LogP contribution < -0.4 is 10.1 Å². The lowest BCUT2D eigenvalue weighted by Crippen LogP contribution is -2.25. The zero-order valence-electron chi connectivity index (χ0n) is 13.7. The number of hydrogen-bond acceptors (Lipinski definition) is 4. The van der Waals surface area contributed by atoms with Crippen LogP contribution in [-0.4, -0.2) is 16.5 Å². The van der Waals surface area contributed by atoms with Crippen molar-refractivity contribution in [1.29, 1.82) is 0 Å². The fraction of sp³-hybridized carbons (Fsp3) is 0.200. The monoisotopic (exact) mass is 351 g/mol. The maximum atomic E-state index is 5.89. The fourth-order valence-corrected chi connectivity index (χ4v) is 2.95. The van der Waals surface area contributed by atoms with Gasteiger partial charge in [0.15, 0.2) is 0 Å². The SMILES string of the molecule is Clc1ccc(COc2ccc(-c3cnc4c(n3)CCNC4)cc2)cc1. The van der Waals surface area contributed by atoms with Crippen LogP contribution in [0.2, 0.25) is 5.02 Å². The molecule has 1 N–H and O–H groups in total. The van der Waals surface area contributed by atoms with Crippen molar-refractivity contribution in [3.8, 4) is 17.0 Å². The molecule has 0 spiro atoms. The topological polar surface area (TPSA) is 47.0 Å². The van der Waals surface area contributed by atoms with Crippen molar-refractivity contribution in [2.45, 2.75) is 19.6 Å². The third kappa shape index (κ3) is 3.81. The lowest BCUT2D eigenvalue weighted by molar-refractivity contribution is 0.306. The molecule has 2 heterocycles. The number of halogens is 1. The molecule has 0 atom stereocenters. The lowest BCUT2D eigenvalue weighted by Gasteiger charge is -2.15. The van der Waals surface area contributed by atoms with E-state index in [0.29, 0.717) is 6.61 Å². The molecule has 1 aromatic heterocycles. The predicted octanol–water partition coefficient (Wildman–Crippen LogP) is 4.02. The van der Waals surface area contributed by atoms with E-state index in [2.05, 4.69) is 10.3 Å². The van der Waals surface area contributed by atoms with Crippen LogP contribution in [0.15, 0.2) is 54.7 Å². The number of aromatic nitrogens is 2. The van der Waals surface area contributed by atoms with Gasteiger partial charge in [-0.15, -0.1) is 0 Å². The molecule has 0 fully saturated rings. The molecule has 126 valence electrons. The van der Waals surface area contributed by atoms with Gasteiger partial charge in [-0.25, -0.2) is 4.98 Å². The second-order valence-electron chi connectivity index (χ2n) is 6.01. The normalized spacial score (nSPS) is 13.3. The molecule has 0 unspecified atom stereocenters.